The van der Waals surface area contributed by atoms with E-state index in [1.54, 1.807) is 18.2 Å². The number of carbonyl (C=O) groups excluding carboxylic acids is 2. The van der Waals surface area contributed by atoms with Crippen LogP contribution in [-0.4, -0.2) is 45.5 Å². The molecule has 1 aliphatic heterocycles. The topological polar surface area (TPSA) is 176 Å². The maximum absolute atomic E-state index is 12.6. The molecule has 2 amide bonds. The van der Waals surface area contributed by atoms with Gasteiger partial charge in [-0.05, 0) is 42.1 Å². The summed E-state index contributed by atoms with van der Waals surface area (Å²) >= 11 is 1.25. The lowest BCUT2D eigenvalue weighted by Gasteiger charge is -2.18. The van der Waals surface area contributed by atoms with Gasteiger partial charge in [0, 0.05) is 11.4 Å². The highest BCUT2D eigenvalue weighted by Crippen LogP contribution is 2.42. The predicted molar refractivity (Wildman–Crippen MR) is 130 cm³/mol. The first kappa shape index (κ1) is 24.4. The lowest BCUT2D eigenvalue weighted by Crippen LogP contribution is -2.28. The average Bonchev–Trinajstić information content (AvgIpc) is 3.35. The minimum atomic E-state index is -0.966. The van der Waals surface area contributed by atoms with Gasteiger partial charge in [-0.3, -0.25) is 19.2 Å². The standard InChI is InChI=1S/C20H16N4O6S.C3H9N/c25-13-7-30-11-3-1-8(5-10(11)22-13)6-21-18(27)16-23-17(26)15-14-9(20(28)29)2-4-12(14)31-19(15)24-16;1-3(2)4/h1,3,5,9H,2,4,6-7H2,(H,21,27)(H,22,25)(H,28,29)(H,23,24,26);3H,4H2,1-2H3. The molecule has 0 saturated heterocycles. The number of benzene rings is 1. The van der Waals surface area contributed by atoms with E-state index in [1.807, 2.05) is 13.8 Å². The number of aromatic nitrogens is 2. The van der Waals surface area contributed by atoms with Gasteiger partial charge in [0.05, 0.1) is 17.0 Å². The van der Waals surface area contributed by atoms with E-state index >= 15 is 0 Å². The van der Waals surface area contributed by atoms with Gasteiger partial charge in [-0.25, -0.2) is 4.98 Å². The fraction of sp³-hybridized carbons (Fsp3) is 0.348. The van der Waals surface area contributed by atoms with Crippen molar-refractivity contribution in [1.82, 2.24) is 15.3 Å². The quantitative estimate of drug-likeness (QED) is 0.360. The number of amides is 2. The molecule has 35 heavy (non-hydrogen) atoms. The van der Waals surface area contributed by atoms with Crippen LogP contribution in [0.15, 0.2) is 23.0 Å². The van der Waals surface area contributed by atoms with Gasteiger partial charge in [0.2, 0.25) is 5.82 Å². The Hall–Kier alpha value is -3.77. The highest BCUT2D eigenvalue weighted by atomic mass is 32.1. The molecule has 11 nitrogen and oxygen atoms in total. The first-order valence-electron chi connectivity index (χ1n) is 11.0. The van der Waals surface area contributed by atoms with E-state index in [4.69, 9.17) is 10.5 Å². The van der Waals surface area contributed by atoms with Gasteiger partial charge in [-0.2, -0.15) is 0 Å². The molecular weight excluding hydrogens is 474 g/mol. The van der Waals surface area contributed by atoms with Crippen molar-refractivity contribution in [1.29, 1.82) is 0 Å². The number of carbonyl (C=O) groups is 3. The van der Waals surface area contributed by atoms with Crippen molar-refractivity contribution in [2.45, 2.75) is 45.2 Å². The van der Waals surface area contributed by atoms with Crippen molar-refractivity contribution in [2.75, 3.05) is 11.9 Å². The number of nitrogens with one attached hydrogen (secondary N) is 3. The zero-order valence-electron chi connectivity index (χ0n) is 19.1. The first-order valence-corrected chi connectivity index (χ1v) is 11.8. The van der Waals surface area contributed by atoms with Crippen LogP contribution < -0.4 is 26.7 Å². The fourth-order valence-electron chi connectivity index (χ4n) is 3.91. The maximum atomic E-state index is 12.6. The van der Waals surface area contributed by atoms with Crippen LogP contribution >= 0.6 is 11.3 Å². The van der Waals surface area contributed by atoms with Gasteiger partial charge < -0.3 is 31.2 Å². The van der Waals surface area contributed by atoms with E-state index < -0.39 is 23.4 Å². The molecule has 0 fully saturated rings. The van der Waals surface area contributed by atoms with Crippen LogP contribution in [0.1, 0.15) is 52.8 Å². The molecule has 1 aliphatic carbocycles. The molecule has 0 spiro atoms. The van der Waals surface area contributed by atoms with Crippen LogP contribution in [0, 0.1) is 0 Å². The number of hydrogen-bond acceptors (Lipinski definition) is 8. The number of aliphatic carboxylic acids is 1. The zero-order valence-corrected chi connectivity index (χ0v) is 20.0. The molecule has 1 unspecified atom stereocenters. The molecule has 6 N–H and O–H groups in total. The summed E-state index contributed by atoms with van der Waals surface area (Å²) in [6, 6.07) is 5.49. The molecule has 5 rings (SSSR count). The summed E-state index contributed by atoms with van der Waals surface area (Å²) in [5.74, 6) is -2.10. The first-order chi connectivity index (χ1) is 16.6. The van der Waals surface area contributed by atoms with Crippen molar-refractivity contribution in [3.8, 4) is 5.75 Å². The Morgan fingerprint density at radius 3 is 2.80 bits per heavy atom. The second-order valence-electron chi connectivity index (χ2n) is 8.56. The van der Waals surface area contributed by atoms with Crippen molar-refractivity contribution in [3.63, 3.8) is 0 Å². The molecule has 3 heterocycles. The number of nitrogens with two attached hydrogens (primary N) is 1. The fourth-order valence-corrected chi connectivity index (χ4v) is 5.16. The molecule has 184 valence electrons. The van der Waals surface area contributed by atoms with Crippen LogP contribution in [0.25, 0.3) is 10.2 Å². The predicted octanol–water partition coefficient (Wildman–Crippen LogP) is 1.71. The van der Waals surface area contributed by atoms with Gasteiger partial charge in [-0.15, -0.1) is 11.3 Å². The number of carboxylic acids is 1. The normalized spacial score (nSPS) is 16.0. The SMILES string of the molecule is CC(C)N.O=C1COc2ccc(CNC(=O)c3nc4sc5c(c4c(=O)[nH]3)C(C(=O)O)CC5)cc2N1. The Bertz CT molecular complexity index is 1380. The van der Waals surface area contributed by atoms with Gasteiger partial charge in [0.15, 0.2) is 6.61 Å². The van der Waals surface area contributed by atoms with E-state index in [0.717, 1.165) is 10.4 Å². The highest BCUT2D eigenvalue weighted by molar-refractivity contribution is 7.18. The molecule has 1 aromatic carbocycles. The number of aromatic amines is 1. The van der Waals surface area contributed by atoms with E-state index in [1.165, 1.54) is 11.3 Å². The lowest BCUT2D eigenvalue weighted by molar-refractivity contribution is -0.138. The van der Waals surface area contributed by atoms with E-state index in [0.29, 0.717) is 40.7 Å². The van der Waals surface area contributed by atoms with Gasteiger partial charge in [-0.1, -0.05) is 19.9 Å². The van der Waals surface area contributed by atoms with Crippen LogP contribution in [-0.2, 0) is 22.6 Å². The second kappa shape index (κ2) is 9.84. The molecule has 0 bridgehead atoms. The smallest absolute Gasteiger partial charge is 0.311 e. The zero-order chi connectivity index (χ0) is 25.3. The Kier molecular flexibility index (Phi) is 6.85. The highest BCUT2D eigenvalue weighted by Gasteiger charge is 2.34. The summed E-state index contributed by atoms with van der Waals surface area (Å²) in [5, 5.41) is 15.1. The van der Waals surface area contributed by atoms with Crippen molar-refractivity contribution < 1.29 is 24.2 Å². The van der Waals surface area contributed by atoms with Crippen molar-refractivity contribution in [3.05, 3.63) is 50.4 Å². The molecule has 3 aromatic rings. The van der Waals surface area contributed by atoms with E-state index in [9.17, 15) is 24.3 Å². The second-order valence-corrected chi connectivity index (χ2v) is 9.64. The maximum Gasteiger partial charge on any atom is 0.311 e. The van der Waals surface area contributed by atoms with Gasteiger partial charge in [0.25, 0.3) is 17.4 Å². The Balaban J connectivity index is 0.000000672. The average molecular weight is 500 g/mol. The van der Waals surface area contributed by atoms with Gasteiger partial charge in [0.1, 0.15) is 10.6 Å². The van der Waals surface area contributed by atoms with Crippen LogP contribution in [0.3, 0.4) is 0 Å². The molecule has 12 heteroatoms. The third-order valence-electron chi connectivity index (χ3n) is 5.33. The number of nitrogens with zero attached hydrogens (tertiary/aromatic N) is 1. The van der Waals surface area contributed by atoms with E-state index in [-0.39, 0.29) is 30.3 Å². The molecular formula is C23H25N5O6S. The third kappa shape index (κ3) is 5.17. The summed E-state index contributed by atoms with van der Waals surface area (Å²) in [5.41, 5.74) is 6.36. The van der Waals surface area contributed by atoms with E-state index in [2.05, 4.69) is 20.6 Å². The molecule has 1 atom stereocenters. The van der Waals surface area contributed by atoms with Gasteiger partial charge >= 0.3 is 5.97 Å². The van der Waals surface area contributed by atoms with Crippen molar-refractivity contribution in [2.24, 2.45) is 5.73 Å². The summed E-state index contributed by atoms with van der Waals surface area (Å²) in [6.45, 7) is 4.00. The Morgan fingerprint density at radius 1 is 1.34 bits per heavy atom. The van der Waals surface area contributed by atoms with Crippen LogP contribution in [0.2, 0.25) is 0 Å². The number of thiophene rings is 1. The number of fused-ring (bicyclic) bond motifs is 4. The lowest BCUT2D eigenvalue weighted by atomic mass is 10.0. The van der Waals surface area contributed by atoms with Crippen LogP contribution in [0.4, 0.5) is 5.69 Å². The summed E-state index contributed by atoms with van der Waals surface area (Å²) in [6.07, 6.45) is 1.03. The molecule has 0 saturated carbocycles. The number of hydrogen-bond donors (Lipinski definition) is 5. The monoisotopic (exact) mass is 499 g/mol. The molecule has 2 aromatic heterocycles. The minimum absolute atomic E-state index is 0.0377. The number of anilines is 1. The number of rotatable bonds is 4. The van der Waals surface area contributed by atoms with Crippen LogP contribution in [0.5, 0.6) is 5.75 Å². The number of H-pyrrole nitrogens is 1. The number of ether oxygens (including phenoxy) is 1. The summed E-state index contributed by atoms with van der Waals surface area (Å²) < 4.78 is 5.30. The molecule has 0 radical (unpaired) electrons. The molecule has 2 aliphatic rings. The van der Waals surface area contributed by atoms with Crippen molar-refractivity contribution >= 4 is 45.0 Å². The minimum Gasteiger partial charge on any atom is -0.482 e. The number of carboxylic acid groups (broad SMARTS) is 1. The summed E-state index contributed by atoms with van der Waals surface area (Å²) in [4.78, 5) is 56.1. The Morgan fingerprint density at radius 2 is 2.09 bits per heavy atom. The Labute approximate surface area is 203 Å². The third-order valence-corrected chi connectivity index (χ3v) is 6.49. The number of aryl methyl sites for hydroxylation is 1. The summed E-state index contributed by atoms with van der Waals surface area (Å²) in [7, 11) is 0. The largest absolute Gasteiger partial charge is 0.482 e.